The minimum atomic E-state index is -3.62. The van der Waals surface area contributed by atoms with Gasteiger partial charge in [-0.25, -0.2) is 12.8 Å². The second-order valence-electron chi connectivity index (χ2n) is 11.5. The van der Waals surface area contributed by atoms with Gasteiger partial charge in [0.05, 0.1) is 11.0 Å². The SMILES string of the molecule is Cc1cc(C)c(S(=O)(=O)N2CCC(OCC(=O)NC3CCC(C(c4ccc(F)cc4)N(C)C)CC3)C2)c(C)c1. The number of hydrogen-bond acceptors (Lipinski definition) is 5. The van der Waals surface area contributed by atoms with Gasteiger partial charge in [0.2, 0.25) is 15.9 Å². The van der Waals surface area contributed by atoms with E-state index >= 15 is 0 Å². The van der Waals surface area contributed by atoms with Gasteiger partial charge < -0.3 is 15.0 Å². The summed E-state index contributed by atoms with van der Waals surface area (Å²) in [6, 6.07) is 10.9. The molecule has 2 aromatic rings. The van der Waals surface area contributed by atoms with Crippen LogP contribution in [0, 0.1) is 32.5 Å². The predicted molar refractivity (Wildman–Crippen MR) is 150 cm³/mol. The largest absolute Gasteiger partial charge is 0.367 e. The first-order chi connectivity index (χ1) is 18.5. The molecule has 1 saturated carbocycles. The fraction of sp³-hybridized carbons (Fsp3) is 0.567. The fourth-order valence-corrected chi connectivity index (χ4v) is 8.35. The maximum absolute atomic E-state index is 13.4. The molecule has 2 aromatic carbocycles. The molecule has 0 spiro atoms. The maximum Gasteiger partial charge on any atom is 0.246 e. The number of aryl methyl sites for hydroxylation is 3. The highest BCUT2D eigenvalue weighted by molar-refractivity contribution is 7.89. The van der Waals surface area contributed by atoms with Crippen LogP contribution in [0.5, 0.6) is 0 Å². The Hall–Kier alpha value is -2.33. The molecule has 1 N–H and O–H groups in total. The lowest BCUT2D eigenvalue weighted by Gasteiger charge is -2.37. The third kappa shape index (κ3) is 7.06. The average molecular weight is 560 g/mol. The molecule has 9 heteroatoms. The van der Waals surface area contributed by atoms with Crippen LogP contribution in [0.3, 0.4) is 0 Å². The van der Waals surface area contributed by atoms with Crippen LogP contribution in [0.25, 0.3) is 0 Å². The molecule has 1 aliphatic heterocycles. The van der Waals surface area contributed by atoms with Crippen molar-refractivity contribution < 1.29 is 22.3 Å². The standard InChI is InChI=1S/C30H42FN3O4S/c1-20-16-21(2)30(22(3)17-20)39(36,37)34-15-14-27(18-34)38-19-28(35)32-26-12-8-24(9-13-26)29(33(4)5)23-6-10-25(31)11-7-23/h6-7,10-11,16-17,24,26-27,29H,8-9,12-15,18-19H2,1-5H3,(H,32,35). The molecule has 39 heavy (non-hydrogen) atoms. The maximum atomic E-state index is 13.4. The molecule has 4 rings (SSSR count). The number of sulfonamides is 1. The highest BCUT2D eigenvalue weighted by Gasteiger charge is 2.35. The van der Waals surface area contributed by atoms with Crippen molar-refractivity contribution in [3.05, 3.63) is 64.5 Å². The molecule has 7 nitrogen and oxygen atoms in total. The first kappa shape index (κ1) is 29.6. The van der Waals surface area contributed by atoms with Crippen LogP contribution in [0.15, 0.2) is 41.3 Å². The van der Waals surface area contributed by atoms with Gasteiger partial charge in [0.25, 0.3) is 0 Å². The second-order valence-corrected chi connectivity index (χ2v) is 13.3. The Kier molecular flexibility index (Phi) is 9.47. The van der Waals surface area contributed by atoms with Crippen molar-refractivity contribution in [2.45, 2.75) is 76.0 Å². The third-order valence-corrected chi connectivity index (χ3v) is 10.3. The van der Waals surface area contributed by atoms with Gasteiger partial charge in [-0.3, -0.25) is 4.79 Å². The topological polar surface area (TPSA) is 78.9 Å². The van der Waals surface area contributed by atoms with Crippen molar-refractivity contribution in [3.63, 3.8) is 0 Å². The molecule has 0 aromatic heterocycles. The Bertz CT molecular complexity index is 1230. The lowest BCUT2D eigenvalue weighted by molar-refractivity contribution is -0.128. The number of rotatable bonds is 9. The minimum absolute atomic E-state index is 0.0724. The molecule has 1 amide bonds. The Balaban J connectivity index is 1.24. The van der Waals surface area contributed by atoms with Crippen molar-refractivity contribution in [3.8, 4) is 0 Å². The van der Waals surface area contributed by atoms with Crippen LogP contribution >= 0.6 is 0 Å². The molecule has 0 bridgehead atoms. The van der Waals surface area contributed by atoms with Crippen molar-refractivity contribution >= 4 is 15.9 Å². The molecule has 2 unspecified atom stereocenters. The van der Waals surface area contributed by atoms with Crippen LogP contribution in [0.4, 0.5) is 4.39 Å². The summed E-state index contributed by atoms with van der Waals surface area (Å²) in [6.07, 6.45) is 3.97. The number of benzene rings is 2. The number of amides is 1. The predicted octanol–water partition coefficient (Wildman–Crippen LogP) is 4.51. The monoisotopic (exact) mass is 559 g/mol. The molecule has 1 aliphatic carbocycles. The minimum Gasteiger partial charge on any atom is -0.367 e. The van der Waals surface area contributed by atoms with Gasteiger partial charge in [-0.05, 0) is 102 Å². The van der Waals surface area contributed by atoms with Crippen molar-refractivity contribution in [1.29, 1.82) is 0 Å². The Morgan fingerprint density at radius 2 is 1.67 bits per heavy atom. The van der Waals surface area contributed by atoms with Gasteiger partial charge in [-0.2, -0.15) is 4.31 Å². The zero-order valence-corrected chi connectivity index (χ0v) is 24.6. The van der Waals surface area contributed by atoms with E-state index < -0.39 is 10.0 Å². The number of nitrogens with zero attached hydrogens (tertiary/aromatic N) is 2. The van der Waals surface area contributed by atoms with Crippen LogP contribution in [-0.2, 0) is 19.6 Å². The van der Waals surface area contributed by atoms with Crippen molar-refractivity contribution in [2.24, 2.45) is 5.92 Å². The summed E-state index contributed by atoms with van der Waals surface area (Å²) >= 11 is 0. The lowest BCUT2D eigenvalue weighted by atomic mass is 9.78. The summed E-state index contributed by atoms with van der Waals surface area (Å²) in [5, 5.41) is 3.11. The molecule has 214 valence electrons. The quantitative estimate of drug-likeness (QED) is 0.489. The number of carbonyl (C=O) groups excluding carboxylic acids is 1. The molecule has 2 aliphatic rings. The van der Waals surface area contributed by atoms with Gasteiger partial charge in [-0.1, -0.05) is 29.8 Å². The number of nitrogens with one attached hydrogen (secondary N) is 1. The van der Waals surface area contributed by atoms with E-state index in [1.54, 1.807) is 0 Å². The van der Waals surface area contributed by atoms with Crippen LogP contribution in [0.1, 0.15) is 60.4 Å². The number of carbonyl (C=O) groups is 1. The number of hydrogen-bond donors (Lipinski definition) is 1. The van der Waals surface area contributed by atoms with E-state index in [1.165, 1.54) is 16.4 Å². The summed E-state index contributed by atoms with van der Waals surface area (Å²) in [7, 11) is 0.486. The molecular formula is C30H42FN3O4S. The molecule has 2 fully saturated rings. The van der Waals surface area contributed by atoms with E-state index in [-0.39, 0.29) is 43.1 Å². The molecule has 0 radical (unpaired) electrons. The summed E-state index contributed by atoms with van der Waals surface area (Å²) in [6.45, 7) is 6.18. The molecule has 1 saturated heterocycles. The molecular weight excluding hydrogens is 517 g/mol. The highest BCUT2D eigenvalue weighted by atomic mass is 32.2. The average Bonchev–Trinajstić information content (AvgIpc) is 3.34. The second kappa shape index (κ2) is 12.5. The van der Waals surface area contributed by atoms with Crippen LogP contribution in [-0.4, -0.2) is 69.5 Å². The first-order valence-corrected chi connectivity index (χ1v) is 15.3. The van der Waals surface area contributed by atoms with Crippen molar-refractivity contribution in [2.75, 3.05) is 33.8 Å². The highest BCUT2D eigenvalue weighted by Crippen LogP contribution is 2.37. The Morgan fingerprint density at radius 3 is 2.26 bits per heavy atom. The van der Waals surface area contributed by atoms with E-state index in [0.717, 1.165) is 47.9 Å². The van der Waals surface area contributed by atoms with Crippen molar-refractivity contribution in [1.82, 2.24) is 14.5 Å². The number of halogens is 1. The van der Waals surface area contributed by atoms with Crippen LogP contribution in [0.2, 0.25) is 0 Å². The summed E-state index contributed by atoms with van der Waals surface area (Å²) in [4.78, 5) is 15.2. The van der Waals surface area contributed by atoms with E-state index in [9.17, 15) is 17.6 Å². The molecule has 1 heterocycles. The van der Waals surface area contributed by atoms with Gasteiger partial charge in [0.15, 0.2) is 0 Å². The van der Waals surface area contributed by atoms with E-state index in [4.69, 9.17) is 4.74 Å². The van der Waals surface area contributed by atoms with Crippen LogP contribution < -0.4 is 5.32 Å². The third-order valence-electron chi connectivity index (χ3n) is 8.11. The van der Waals surface area contributed by atoms with E-state index in [0.29, 0.717) is 23.8 Å². The van der Waals surface area contributed by atoms with E-state index in [1.807, 2.05) is 45.0 Å². The summed E-state index contributed by atoms with van der Waals surface area (Å²) < 4.78 is 47.4. The van der Waals surface area contributed by atoms with E-state index in [2.05, 4.69) is 24.3 Å². The van der Waals surface area contributed by atoms with Gasteiger partial charge in [0, 0.05) is 25.2 Å². The summed E-state index contributed by atoms with van der Waals surface area (Å²) in [5.74, 6) is 0.0445. The summed E-state index contributed by atoms with van der Waals surface area (Å²) in [5.41, 5.74) is 3.65. The number of ether oxygens (including phenoxy) is 1. The lowest BCUT2D eigenvalue weighted by Crippen LogP contribution is -2.42. The first-order valence-electron chi connectivity index (χ1n) is 13.9. The zero-order valence-electron chi connectivity index (χ0n) is 23.7. The smallest absolute Gasteiger partial charge is 0.246 e. The Labute approximate surface area is 232 Å². The normalized spacial score (nSPS) is 23.2. The van der Waals surface area contributed by atoms with Gasteiger partial charge in [-0.15, -0.1) is 0 Å². The zero-order chi connectivity index (χ0) is 28.3. The molecule has 2 atom stereocenters. The van der Waals surface area contributed by atoms with Gasteiger partial charge in [0.1, 0.15) is 12.4 Å². The van der Waals surface area contributed by atoms with Gasteiger partial charge >= 0.3 is 0 Å². The Morgan fingerprint density at radius 1 is 1.05 bits per heavy atom. The fourth-order valence-electron chi connectivity index (χ4n) is 6.45.